The normalized spacial score (nSPS) is 24.8. The Bertz CT molecular complexity index is 754. The zero-order valence-corrected chi connectivity index (χ0v) is 14.8. The molecule has 5 heteroatoms. The molecule has 2 unspecified atom stereocenters. The number of halogens is 5. The van der Waals surface area contributed by atoms with Gasteiger partial charge in [-0.3, -0.25) is 0 Å². The summed E-state index contributed by atoms with van der Waals surface area (Å²) in [5, 5.41) is 0. The Balaban J connectivity index is 1.92. The van der Waals surface area contributed by atoms with Gasteiger partial charge in [0.15, 0.2) is 5.67 Å². The van der Waals surface area contributed by atoms with Gasteiger partial charge in [0.05, 0.1) is 0 Å². The van der Waals surface area contributed by atoms with Crippen molar-refractivity contribution >= 4 is 0 Å². The Morgan fingerprint density at radius 1 is 0.923 bits per heavy atom. The van der Waals surface area contributed by atoms with Crippen molar-refractivity contribution in [2.24, 2.45) is 0 Å². The number of alkyl halides is 3. The SMILES string of the molecule is CCCc1ccc(-c2cc(F)c(C3CC(C)(F)C(F)(F)C3)c(F)c2)cc1. The highest BCUT2D eigenvalue weighted by atomic mass is 19.3. The lowest BCUT2D eigenvalue weighted by Gasteiger charge is -2.21. The van der Waals surface area contributed by atoms with Gasteiger partial charge in [0, 0.05) is 12.0 Å². The molecule has 3 rings (SSSR count). The largest absolute Gasteiger partial charge is 0.281 e. The zero-order valence-electron chi connectivity index (χ0n) is 14.8. The minimum Gasteiger partial charge on any atom is -0.238 e. The number of hydrogen-bond donors (Lipinski definition) is 0. The summed E-state index contributed by atoms with van der Waals surface area (Å²) in [7, 11) is 0. The molecule has 0 aliphatic heterocycles. The molecule has 0 amide bonds. The van der Waals surface area contributed by atoms with Gasteiger partial charge >= 0.3 is 0 Å². The fourth-order valence-corrected chi connectivity index (χ4v) is 3.70. The second-order valence-electron chi connectivity index (χ2n) is 7.31. The summed E-state index contributed by atoms with van der Waals surface area (Å²) < 4.78 is 70.6. The highest BCUT2D eigenvalue weighted by molar-refractivity contribution is 5.64. The molecular formula is C21H21F5. The van der Waals surface area contributed by atoms with Gasteiger partial charge in [-0.2, -0.15) is 0 Å². The molecule has 0 spiro atoms. The maximum atomic E-state index is 14.5. The Labute approximate surface area is 150 Å². The van der Waals surface area contributed by atoms with Crippen molar-refractivity contribution in [3.63, 3.8) is 0 Å². The molecule has 2 aromatic rings. The molecule has 140 valence electrons. The minimum absolute atomic E-state index is 0.333. The van der Waals surface area contributed by atoms with Crippen molar-refractivity contribution in [1.29, 1.82) is 0 Å². The maximum Gasteiger partial charge on any atom is 0.281 e. The van der Waals surface area contributed by atoms with E-state index >= 15 is 0 Å². The van der Waals surface area contributed by atoms with E-state index in [0.29, 0.717) is 11.1 Å². The molecule has 0 nitrogen and oxygen atoms in total. The second-order valence-corrected chi connectivity index (χ2v) is 7.31. The maximum absolute atomic E-state index is 14.5. The van der Waals surface area contributed by atoms with Crippen molar-refractivity contribution in [2.45, 2.75) is 57.0 Å². The molecule has 2 aromatic carbocycles. The van der Waals surface area contributed by atoms with Crippen molar-refractivity contribution in [3.8, 4) is 11.1 Å². The summed E-state index contributed by atoms with van der Waals surface area (Å²) in [5.41, 5.74) is -1.10. The van der Waals surface area contributed by atoms with E-state index in [2.05, 4.69) is 6.92 Å². The number of benzene rings is 2. The first kappa shape index (κ1) is 18.9. The molecular weight excluding hydrogens is 347 g/mol. The summed E-state index contributed by atoms with van der Waals surface area (Å²) in [4.78, 5) is 0. The topological polar surface area (TPSA) is 0 Å². The number of hydrogen-bond acceptors (Lipinski definition) is 0. The van der Waals surface area contributed by atoms with Gasteiger partial charge in [-0.15, -0.1) is 0 Å². The quantitative estimate of drug-likeness (QED) is 0.519. The summed E-state index contributed by atoms with van der Waals surface area (Å²) in [5.74, 6) is -6.59. The van der Waals surface area contributed by atoms with Gasteiger partial charge in [-0.1, -0.05) is 37.6 Å². The van der Waals surface area contributed by atoms with Crippen LogP contribution < -0.4 is 0 Å². The van der Waals surface area contributed by atoms with E-state index in [1.807, 2.05) is 12.1 Å². The van der Waals surface area contributed by atoms with Crippen molar-refractivity contribution in [1.82, 2.24) is 0 Å². The first-order valence-corrected chi connectivity index (χ1v) is 8.79. The van der Waals surface area contributed by atoms with Gasteiger partial charge in [-0.25, -0.2) is 22.0 Å². The fourth-order valence-electron chi connectivity index (χ4n) is 3.70. The van der Waals surface area contributed by atoms with Crippen LogP contribution in [0, 0.1) is 11.6 Å². The Hall–Kier alpha value is -1.91. The molecule has 1 aliphatic carbocycles. The molecule has 0 saturated heterocycles. The van der Waals surface area contributed by atoms with Crippen LogP contribution in [0.5, 0.6) is 0 Å². The third kappa shape index (κ3) is 3.36. The Morgan fingerprint density at radius 2 is 1.50 bits per heavy atom. The Morgan fingerprint density at radius 3 is 1.96 bits per heavy atom. The summed E-state index contributed by atoms with van der Waals surface area (Å²) in [6.07, 6.45) is 0.425. The van der Waals surface area contributed by atoms with E-state index in [1.54, 1.807) is 12.1 Å². The van der Waals surface area contributed by atoms with E-state index in [0.717, 1.165) is 37.5 Å². The molecule has 0 radical (unpaired) electrons. The lowest BCUT2D eigenvalue weighted by molar-refractivity contribution is -0.105. The van der Waals surface area contributed by atoms with Crippen molar-refractivity contribution in [2.75, 3.05) is 0 Å². The van der Waals surface area contributed by atoms with Crippen LogP contribution in [0.25, 0.3) is 11.1 Å². The van der Waals surface area contributed by atoms with Crippen LogP contribution in [-0.4, -0.2) is 11.6 Å². The predicted octanol–water partition coefficient (Wildman–Crippen LogP) is 6.83. The first-order chi connectivity index (χ1) is 12.1. The lowest BCUT2D eigenvalue weighted by Crippen LogP contribution is -2.35. The fraction of sp³-hybridized carbons (Fsp3) is 0.429. The summed E-state index contributed by atoms with van der Waals surface area (Å²) >= 11 is 0. The van der Waals surface area contributed by atoms with Gasteiger partial charge in [0.25, 0.3) is 5.92 Å². The average Bonchev–Trinajstić information content (AvgIpc) is 2.75. The molecule has 1 fully saturated rings. The van der Waals surface area contributed by atoms with E-state index in [4.69, 9.17) is 0 Å². The van der Waals surface area contributed by atoms with Crippen LogP contribution in [0.1, 0.15) is 50.2 Å². The van der Waals surface area contributed by atoms with Crippen LogP contribution in [0.3, 0.4) is 0 Å². The number of aryl methyl sites for hydroxylation is 1. The molecule has 1 saturated carbocycles. The van der Waals surface area contributed by atoms with E-state index in [1.165, 1.54) is 0 Å². The summed E-state index contributed by atoms with van der Waals surface area (Å²) in [6.45, 7) is 2.85. The molecule has 1 aliphatic rings. The minimum atomic E-state index is -3.59. The van der Waals surface area contributed by atoms with Crippen LogP contribution >= 0.6 is 0 Å². The molecule has 0 heterocycles. The Kier molecular flexibility index (Phi) is 4.84. The van der Waals surface area contributed by atoms with Gasteiger partial charge < -0.3 is 0 Å². The van der Waals surface area contributed by atoms with E-state index in [-0.39, 0.29) is 0 Å². The van der Waals surface area contributed by atoms with Crippen molar-refractivity contribution in [3.05, 3.63) is 59.2 Å². The monoisotopic (exact) mass is 368 g/mol. The molecule has 0 aromatic heterocycles. The van der Waals surface area contributed by atoms with Gasteiger partial charge in [-0.05, 0) is 54.5 Å². The standard InChI is InChI=1S/C21H21F5/c1-3-4-13-5-7-14(8-6-13)15-9-17(22)19(18(23)10-15)16-11-20(2,24)21(25,26)12-16/h5-10,16H,3-4,11-12H2,1-2H3. The molecule has 0 N–H and O–H groups in total. The lowest BCUT2D eigenvalue weighted by atomic mass is 9.92. The van der Waals surface area contributed by atoms with E-state index in [9.17, 15) is 22.0 Å². The summed E-state index contributed by atoms with van der Waals surface area (Å²) in [6, 6.07) is 9.63. The molecule has 0 bridgehead atoms. The molecule has 26 heavy (non-hydrogen) atoms. The smallest absolute Gasteiger partial charge is 0.238 e. The average molecular weight is 368 g/mol. The van der Waals surface area contributed by atoms with Crippen molar-refractivity contribution < 1.29 is 22.0 Å². The highest BCUT2D eigenvalue weighted by Crippen LogP contribution is 2.53. The first-order valence-electron chi connectivity index (χ1n) is 8.79. The zero-order chi connectivity index (χ0) is 19.1. The predicted molar refractivity (Wildman–Crippen MR) is 92.2 cm³/mol. The third-order valence-corrected chi connectivity index (χ3v) is 5.21. The third-order valence-electron chi connectivity index (χ3n) is 5.21. The van der Waals surface area contributed by atoms with Gasteiger partial charge in [0.2, 0.25) is 0 Å². The second kappa shape index (κ2) is 6.67. The van der Waals surface area contributed by atoms with E-state index < -0.39 is 47.5 Å². The van der Waals surface area contributed by atoms with Crippen LogP contribution in [0.2, 0.25) is 0 Å². The molecule has 2 atom stereocenters. The van der Waals surface area contributed by atoms with Crippen LogP contribution in [0.4, 0.5) is 22.0 Å². The van der Waals surface area contributed by atoms with Gasteiger partial charge in [0.1, 0.15) is 11.6 Å². The highest BCUT2D eigenvalue weighted by Gasteiger charge is 2.59. The number of rotatable bonds is 4. The van der Waals surface area contributed by atoms with Crippen LogP contribution in [0.15, 0.2) is 36.4 Å². The van der Waals surface area contributed by atoms with Crippen LogP contribution in [-0.2, 0) is 6.42 Å².